The van der Waals surface area contributed by atoms with Gasteiger partial charge in [-0.15, -0.1) is 0 Å². The molecule has 0 radical (unpaired) electrons. The number of hydrogen-bond acceptors (Lipinski definition) is 9. The maximum Gasteiger partial charge on any atom is 0.324 e. The molecule has 12 nitrogen and oxygen atoms in total. The predicted octanol–water partition coefficient (Wildman–Crippen LogP) is 2.81. The van der Waals surface area contributed by atoms with E-state index < -0.39 is 37.6 Å². The van der Waals surface area contributed by atoms with E-state index in [9.17, 15) is 35.1 Å². The van der Waals surface area contributed by atoms with Crippen molar-refractivity contribution in [3.8, 4) is 5.75 Å². The second kappa shape index (κ2) is 8.90. The summed E-state index contributed by atoms with van der Waals surface area (Å²) in [4.78, 5) is 41.6. The van der Waals surface area contributed by atoms with Crippen molar-refractivity contribution in [2.24, 2.45) is 11.8 Å². The first-order valence-corrected chi connectivity index (χ1v) is 9.07. The Labute approximate surface area is 165 Å². The number of nitro groups is 3. The SMILES string of the molecule is CC1CC(C)C2CC(=O)CCN2C1.O=[N+]([O-])c1cc([N+](=O)[O-])c(O)c([N+](=O)[O-])c1. The number of fused-ring (bicyclic) bond motifs is 1. The molecule has 2 aliphatic heterocycles. The largest absolute Gasteiger partial charge is 0.497 e. The standard InChI is InChI=1S/C11H19NO.C6H3N3O7/c1-8-5-9(2)11-6-10(13)3-4-12(11)7-8;10-6-4(8(13)14)1-3(7(11)12)2-5(6)9(15)16/h8-9,11H,3-7H2,1-2H3;1-2,10H. The number of carbonyl (C=O) groups is 1. The highest BCUT2D eigenvalue weighted by molar-refractivity contribution is 5.80. The van der Waals surface area contributed by atoms with Crippen LogP contribution in [0.5, 0.6) is 5.75 Å². The number of benzene rings is 1. The predicted molar refractivity (Wildman–Crippen MR) is 101 cm³/mol. The third-order valence-electron chi connectivity index (χ3n) is 5.22. The number of phenolic OH excluding ortho intramolecular Hbond substituents is 1. The molecule has 12 heteroatoms. The molecule has 0 spiro atoms. The third kappa shape index (κ3) is 5.22. The summed E-state index contributed by atoms with van der Waals surface area (Å²) in [5.74, 6) is 0.802. The van der Waals surface area contributed by atoms with Crippen LogP contribution in [0.1, 0.15) is 33.1 Å². The van der Waals surface area contributed by atoms with Crippen LogP contribution >= 0.6 is 0 Å². The summed E-state index contributed by atoms with van der Waals surface area (Å²) < 4.78 is 0. The molecule has 2 saturated heterocycles. The van der Waals surface area contributed by atoms with Crippen molar-refractivity contribution in [3.05, 3.63) is 42.5 Å². The van der Waals surface area contributed by atoms with Crippen LogP contribution in [-0.2, 0) is 4.79 Å². The summed E-state index contributed by atoms with van der Waals surface area (Å²) in [6.45, 7) is 6.84. The Bertz CT molecular complexity index is 808. The Morgan fingerprint density at radius 2 is 1.59 bits per heavy atom. The lowest BCUT2D eigenvalue weighted by molar-refractivity contribution is -0.404. The van der Waals surface area contributed by atoms with Gasteiger partial charge in [-0.1, -0.05) is 13.8 Å². The first-order chi connectivity index (χ1) is 13.5. The number of carbonyl (C=O) groups excluding carboxylic acids is 1. The minimum atomic E-state index is -1.21. The second-order valence-electron chi connectivity index (χ2n) is 7.48. The number of piperidine rings is 2. The number of Topliss-reactive ketones (excluding diaryl/α,β-unsaturated/α-hetero) is 1. The van der Waals surface area contributed by atoms with Crippen molar-refractivity contribution < 1.29 is 24.7 Å². The fourth-order valence-corrected chi connectivity index (χ4v) is 3.93. The van der Waals surface area contributed by atoms with E-state index in [1.54, 1.807) is 0 Å². The number of aromatic hydroxyl groups is 1. The summed E-state index contributed by atoms with van der Waals surface area (Å²) in [5.41, 5.74) is -3.00. The molecule has 1 aromatic rings. The van der Waals surface area contributed by atoms with Crippen LogP contribution < -0.4 is 0 Å². The lowest BCUT2D eigenvalue weighted by atomic mass is 9.80. The molecule has 1 aromatic carbocycles. The molecule has 0 aromatic heterocycles. The van der Waals surface area contributed by atoms with Crippen LogP contribution in [0.15, 0.2) is 12.1 Å². The molecule has 2 heterocycles. The summed E-state index contributed by atoms with van der Waals surface area (Å²) in [6.07, 6.45) is 2.90. The third-order valence-corrected chi connectivity index (χ3v) is 5.22. The molecule has 0 saturated carbocycles. The van der Waals surface area contributed by atoms with Gasteiger partial charge in [0, 0.05) is 32.0 Å². The van der Waals surface area contributed by atoms with E-state index in [0.29, 0.717) is 29.9 Å². The van der Waals surface area contributed by atoms with E-state index in [1.807, 2.05) is 0 Å². The van der Waals surface area contributed by atoms with Crippen LogP contribution in [-0.4, -0.2) is 49.7 Å². The lowest BCUT2D eigenvalue weighted by Gasteiger charge is -2.45. The average Bonchev–Trinajstić information content (AvgIpc) is 2.62. The van der Waals surface area contributed by atoms with Gasteiger partial charge in [0.25, 0.3) is 11.4 Å². The zero-order valence-corrected chi connectivity index (χ0v) is 16.0. The van der Waals surface area contributed by atoms with Crippen molar-refractivity contribution in [2.45, 2.75) is 39.2 Å². The van der Waals surface area contributed by atoms with Crippen molar-refractivity contribution in [1.82, 2.24) is 4.90 Å². The van der Waals surface area contributed by atoms with E-state index in [4.69, 9.17) is 5.11 Å². The first kappa shape index (κ1) is 22.1. The molecule has 29 heavy (non-hydrogen) atoms. The smallest absolute Gasteiger partial charge is 0.324 e. The summed E-state index contributed by atoms with van der Waals surface area (Å²) in [6, 6.07) is 1.46. The van der Waals surface area contributed by atoms with Crippen molar-refractivity contribution in [1.29, 1.82) is 0 Å². The van der Waals surface area contributed by atoms with Crippen molar-refractivity contribution in [2.75, 3.05) is 13.1 Å². The van der Waals surface area contributed by atoms with Gasteiger partial charge in [0.15, 0.2) is 0 Å². The minimum Gasteiger partial charge on any atom is -0.497 e. The summed E-state index contributed by atoms with van der Waals surface area (Å²) in [7, 11) is 0. The van der Waals surface area contributed by atoms with Gasteiger partial charge < -0.3 is 5.11 Å². The number of non-ortho nitro benzene ring substituents is 1. The molecule has 0 bridgehead atoms. The molecule has 0 aliphatic carbocycles. The number of ketones is 1. The summed E-state index contributed by atoms with van der Waals surface area (Å²) in [5, 5.41) is 40.2. The van der Waals surface area contributed by atoms with Crippen LogP contribution in [0, 0.1) is 42.2 Å². The van der Waals surface area contributed by atoms with Gasteiger partial charge in [0.05, 0.1) is 26.9 Å². The van der Waals surface area contributed by atoms with Crippen LogP contribution in [0.25, 0.3) is 0 Å². The van der Waals surface area contributed by atoms with Gasteiger partial charge in [-0.25, -0.2) is 0 Å². The highest BCUT2D eigenvalue weighted by atomic mass is 16.6. The monoisotopic (exact) mass is 410 g/mol. The average molecular weight is 410 g/mol. The zero-order chi connectivity index (χ0) is 21.9. The summed E-state index contributed by atoms with van der Waals surface area (Å²) >= 11 is 0. The van der Waals surface area contributed by atoms with E-state index >= 15 is 0 Å². The molecule has 2 aliphatic rings. The van der Waals surface area contributed by atoms with Gasteiger partial charge in [-0.3, -0.25) is 40.0 Å². The van der Waals surface area contributed by atoms with Crippen molar-refractivity contribution in [3.63, 3.8) is 0 Å². The Morgan fingerprint density at radius 3 is 2.07 bits per heavy atom. The Morgan fingerprint density at radius 1 is 1.03 bits per heavy atom. The fourth-order valence-electron chi connectivity index (χ4n) is 3.93. The Balaban J connectivity index is 0.000000211. The first-order valence-electron chi connectivity index (χ1n) is 9.07. The molecule has 3 unspecified atom stereocenters. The molecule has 2 fully saturated rings. The van der Waals surface area contributed by atoms with Gasteiger partial charge in [-0.05, 0) is 18.3 Å². The van der Waals surface area contributed by atoms with E-state index in [1.165, 1.54) is 13.0 Å². The second-order valence-corrected chi connectivity index (χ2v) is 7.48. The van der Waals surface area contributed by atoms with Crippen molar-refractivity contribution >= 4 is 22.8 Å². The quantitative estimate of drug-likeness (QED) is 0.581. The Hall–Kier alpha value is -3.15. The molecule has 0 amide bonds. The Kier molecular flexibility index (Phi) is 6.80. The van der Waals surface area contributed by atoms with E-state index in [0.717, 1.165) is 25.3 Å². The number of hydrogen-bond donors (Lipinski definition) is 1. The minimum absolute atomic E-state index is 0.447. The van der Waals surface area contributed by atoms with Gasteiger partial charge in [0.1, 0.15) is 5.78 Å². The molecular formula is C17H22N4O8. The number of rotatable bonds is 3. The topological polar surface area (TPSA) is 170 Å². The van der Waals surface area contributed by atoms with Gasteiger partial charge in [-0.2, -0.15) is 0 Å². The highest BCUT2D eigenvalue weighted by Gasteiger charge is 2.35. The van der Waals surface area contributed by atoms with Gasteiger partial charge in [0.2, 0.25) is 0 Å². The lowest BCUT2D eigenvalue weighted by Crippen LogP contribution is -2.51. The molecule has 158 valence electrons. The number of nitrogens with zero attached hydrogens (tertiary/aromatic N) is 4. The molecule has 1 N–H and O–H groups in total. The normalized spacial score (nSPS) is 24.1. The number of phenols is 1. The number of nitro benzene ring substituents is 3. The highest BCUT2D eigenvalue weighted by Crippen LogP contribution is 2.39. The van der Waals surface area contributed by atoms with Gasteiger partial charge >= 0.3 is 11.4 Å². The molecule has 3 rings (SSSR count). The van der Waals surface area contributed by atoms with E-state index in [-0.39, 0.29) is 0 Å². The van der Waals surface area contributed by atoms with E-state index in [2.05, 4.69) is 18.7 Å². The van der Waals surface area contributed by atoms with Crippen LogP contribution in [0.3, 0.4) is 0 Å². The molecular weight excluding hydrogens is 388 g/mol. The zero-order valence-electron chi connectivity index (χ0n) is 16.0. The maximum absolute atomic E-state index is 11.3. The van der Waals surface area contributed by atoms with Crippen LogP contribution in [0.2, 0.25) is 0 Å². The van der Waals surface area contributed by atoms with Crippen LogP contribution in [0.4, 0.5) is 17.1 Å². The maximum atomic E-state index is 11.3. The fraction of sp³-hybridized carbons (Fsp3) is 0.588. The molecule has 3 atom stereocenters.